The molecule has 1 fully saturated rings. The third-order valence-electron chi connectivity index (χ3n) is 3.49. The normalized spacial score (nSPS) is 18.4. The molecular weight excluding hydrogens is 326 g/mol. The second-order valence-electron chi connectivity index (χ2n) is 5.10. The molecule has 0 bridgehead atoms. The van der Waals surface area contributed by atoms with Gasteiger partial charge in [-0.3, -0.25) is 4.90 Å². The molecular formula is C14H16F6N2O. The van der Waals surface area contributed by atoms with E-state index in [1.165, 1.54) is 17.0 Å². The number of rotatable bonds is 6. The van der Waals surface area contributed by atoms with Crippen molar-refractivity contribution in [3.8, 4) is 5.75 Å². The lowest BCUT2D eigenvalue weighted by molar-refractivity contribution is -0.253. The first-order valence-electron chi connectivity index (χ1n) is 6.99. The lowest BCUT2D eigenvalue weighted by Gasteiger charge is -2.34. The van der Waals surface area contributed by atoms with Gasteiger partial charge in [-0.25, -0.2) is 8.78 Å². The molecule has 1 atom stereocenters. The molecule has 0 unspecified atom stereocenters. The number of hydrogen-bond acceptors (Lipinski definition) is 3. The summed E-state index contributed by atoms with van der Waals surface area (Å²) in [5, 5.41) is 3.02. The van der Waals surface area contributed by atoms with Crippen LogP contribution < -0.4 is 10.1 Å². The molecule has 0 aliphatic carbocycles. The van der Waals surface area contributed by atoms with Crippen molar-refractivity contribution in [1.29, 1.82) is 0 Å². The van der Waals surface area contributed by atoms with E-state index in [1.807, 2.05) is 0 Å². The molecule has 130 valence electrons. The minimum absolute atomic E-state index is 0.0458. The molecule has 2 rings (SSSR count). The monoisotopic (exact) mass is 342 g/mol. The summed E-state index contributed by atoms with van der Waals surface area (Å²) in [6, 6.07) is 3.24. The molecule has 0 saturated carbocycles. The first-order chi connectivity index (χ1) is 10.8. The summed E-state index contributed by atoms with van der Waals surface area (Å²) in [5.41, 5.74) is 0.0458. The second-order valence-corrected chi connectivity index (χ2v) is 5.10. The molecule has 1 saturated heterocycles. The number of halogens is 6. The number of nitrogens with one attached hydrogen (secondary N) is 1. The summed E-state index contributed by atoms with van der Waals surface area (Å²) < 4.78 is 81.0. The van der Waals surface area contributed by atoms with E-state index in [0.29, 0.717) is 26.2 Å². The number of piperazine rings is 1. The molecule has 0 spiro atoms. The maximum atomic E-state index is 13.4. The van der Waals surface area contributed by atoms with Crippen molar-refractivity contribution in [2.45, 2.75) is 25.0 Å². The molecule has 1 aromatic carbocycles. The van der Waals surface area contributed by atoms with E-state index in [0.717, 1.165) is 12.1 Å². The van der Waals surface area contributed by atoms with Gasteiger partial charge in [0.1, 0.15) is 5.75 Å². The quantitative estimate of drug-likeness (QED) is 0.804. The summed E-state index contributed by atoms with van der Waals surface area (Å²) >= 11 is 0. The molecule has 23 heavy (non-hydrogen) atoms. The number of alkyl halides is 6. The van der Waals surface area contributed by atoms with Gasteiger partial charge in [0.15, 0.2) is 0 Å². The van der Waals surface area contributed by atoms with Gasteiger partial charge in [-0.15, -0.1) is 0 Å². The van der Waals surface area contributed by atoms with Gasteiger partial charge in [-0.05, 0) is 17.7 Å². The van der Waals surface area contributed by atoms with Gasteiger partial charge in [0, 0.05) is 26.2 Å². The highest BCUT2D eigenvalue weighted by molar-refractivity contribution is 5.31. The van der Waals surface area contributed by atoms with Gasteiger partial charge >= 0.3 is 12.5 Å². The van der Waals surface area contributed by atoms with E-state index in [9.17, 15) is 26.3 Å². The van der Waals surface area contributed by atoms with Crippen LogP contribution in [0.4, 0.5) is 26.3 Å². The third kappa shape index (κ3) is 4.51. The van der Waals surface area contributed by atoms with Crippen LogP contribution >= 0.6 is 0 Å². The summed E-state index contributed by atoms with van der Waals surface area (Å²) in [6.07, 6.45) is -11.4. The Morgan fingerprint density at radius 2 is 1.74 bits per heavy atom. The minimum Gasteiger partial charge on any atom is -0.428 e. The summed E-state index contributed by atoms with van der Waals surface area (Å²) in [7, 11) is 0. The molecule has 1 aliphatic heterocycles. The Kier molecular flexibility index (Phi) is 5.74. The Hall–Kier alpha value is -1.48. The van der Waals surface area contributed by atoms with E-state index in [-0.39, 0.29) is 5.56 Å². The van der Waals surface area contributed by atoms with Gasteiger partial charge in [-0.1, -0.05) is 12.1 Å². The van der Waals surface area contributed by atoms with Crippen molar-refractivity contribution in [2.75, 3.05) is 26.2 Å². The molecule has 0 amide bonds. The predicted octanol–water partition coefficient (Wildman–Crippen LogP) is 3.13. The Morgan fingerprint density at radius 3 is 2.30 bits per heavy atom. The molecule has 1 N–H and O–H groups in total. The van der Waals surface area contributed by atoms with E-state index >= 15 is 0 Å². The average Bonchev–Trinajstić information content (AvgIpc) is 2.48. The maximum absolute atomic E-state index is 13.4. The van der Waals surface area contributed by atoms with Crippen molar-refractivity contribution in [2.24, 2.45) is 0 Å². The maximum Gasteiger partial charge on any atom is 0.461 e. The van der Waals surface area contributed by atoms with Crippen molar-refractivity contribution >= 4 is 0 Å². The van der Waals surface area contributed by atoms with Crippen LogP contribution in [-0.2, 0) is 0 Å². The standard InChI is InChI=1S/C14H16F6N2O/c15-12(16)11(22-6-4-21-5-7-22)9-2-1-3-10(8-9)23-14(19,20)13(17)18/h1-3,8,11-13,21H,4-7H2/t11-/m1/s1. The minimum atomic E-state index is -4.67. The molecule has 1 heterocycles. The van der Waals surface area contributed by atoms with Crippen LogP contribution in [0.5, 0.6) is 5.75 Å². The summed E-state index contributed by atoms with van der Waals surface area (Å²) in [6.45, 7) is 1.80. The first-order valence-corrected chi connectivity index (χ1v) is 6.99. The Balaban J connectivity index is 2.21. The SMILES string of the molecule is FC(F)[C@@H](c1cccc(OC(F)(F)C(F)F)c1)N1CCNCC1. The fourth-order valence-electron chi connectivity index (χ4n) is 2.44. The van der Waals surface area contributed by atoms with Crippen LogP contribution in [0, 0.1) is 0 Å². The lowest BCUT2D eigenvalue weighted by atomic mass is 10.0. The van der Waals surface area contributed by atoms with Gasteiger partial charge in [0.25, 0.3) is 6.43 Å². The molecule has 0 radical (unpaired) electrons. The highest BCUT2D eigenvalue weighted by Gasteiger charge is 2.44. The fourth-order valence-corrected chi connectivity index (χ4v) is 2.44. The topological polar surface area (TPSA) is 24.5 Å². The smallest absolute Gasteiger partial charge is 0.428 e. The van der Waals surface area contributed by atoms with Crippen LogP contribution in [0.2, 0.25) is 0 Å². The molecule has 9 heteroatoms. The molecule has 1 aromatic rings. The Labute approximate surface area is 129 Å². The number of nitrogens with zero attached hydrogens (tertiary/aromatic N) is 1. The van der Waals surface area contributed by atoms with Crippen molar-refractivity contribution in [1.82, 2.24) is 10.2 Å². The van der Waals surface area contributed by atoms with Crippen LogP contribution in [0.1, 0.15) is 11.6 Å². The van der Waals surface area contributed by atoms with Crippen LogP contribution in [0.25, 0.3) is 0 Å². The summed E-state index contributed by atoms with van der Waals surface area (Å²) in [4.78, 5) is 1.52. The van der Waals surface area contributed by atoms with Crippen molar-refractivity contribution in [3.05, 3.63) is 29.8 Å². The fraction of sp³-hybridized carbons (Fsp3) is 0.571. The van der Waals surface area contributed by atoms with Gasteiger partial charge in [0.05, 0.1) is 6.04 Å². The van der Waals surface area contributed by atoms with Crippen LogP contribution in [0.15, 0.2) is 24.3 Å². The predicted molar refractivity (Wildman–Crippen MR) is 71.2 cm³/mol. The highest BCUT2D eigenvalue weighted by atomic mass is 19.3. The van der Waals surface area contributed by atoms with E-state index in [4.69, 9.17) is 0 Å². The second kappa shape index (κ2) is 7.39. The molecule has 3 nitrogen and oxygen atoms in total. The first kappa shape index (κ1) is 17.9. The van der Waals surface area contributed by atoms with E-state index in [2.05, 4.69) is 10.1 Å². The number of benzene rings is 1. The van der Waals surface area contributed by atoms with Gasteiger partial charge in [0.2, 0.25) is 0 Å². The number of ether oxygens (including phenoxy) is 1. The lowest BCUT2D eigenvalue weighted by Crippen LogP contribution is -2.46. The third-order valence-corrected chi connectivity index (χ3v) is 3.49. The molecule has 0 aromatic heterocycles. The van der Waals surface area contributed by atoms with Crippen LogP contribution in [-0.4, -0.2) is 50.0 Å². The van der Waals surface area contributed by atoms with E-state index in [1.54, 1.807) is 0 Å². The van der Waals surface area contributed by atoms with Gasteiger partial charge in [-0.2, -0.15) is 17.6 Å². The highest BCUT2D eigenvalue weighted by Crippen LogP contribution is 2.33. The Bertz CT molecular complexity index is 508. The zero-order chi connectivity index (χ0) is 17.0. The van der Waals surface area contributed by atoms with Crippen molar-refractivity contribution < 1.29 is 31.1 Å². The van der Waals surface area contributed by atoms with E-state index < -0.39 is 30.8 Å². The van der Waals surface area contributed by atoms with Crippen molar-refractivity contribution in [3.63, 3.8) is 0 Å². The Morgan fingerprint density at radius 1 is 1.09 bits per heavy atom. The van der Waals surface area contributed by atoms with Gasteiger partial charge < -0.3 is 10.1 Å². The number of hydrogen-bond donors (Lipinski definition) is 1. The zero-order valence-corrected chi connectivity index (χ0v) is 12.0. The molecule has 1 aliphatic rings. The largest absolute Gasteiger partial charge is 0.461 e. The average molecular weight is 342 g/mol. The summed E-state index contributed by atoms with van der Waals surface area (Å²) in [5.74, 6) is -0.575. The zero-order valence-electron chi connectivity index (χ0n) is 12.0. The van der Waals surface area contributed by atoms with Crippen LogP contribution in [0.3, 0.4) is 0 Å².